The third-order valence-electron chi connectivity index (χ3n) is 2.04. The number of nitrogens with one attached hydrogen (secondary N) is 1. The Hall–Kier alpha value is -1.62. The summed E-state index contributed by atoms with van der Waals surface area (Å²) in [5.41, 5.74) is 6.24. The molecule has 0 spiro atoms. The lowest BCUT2D eigenvalue weighted by atomic mass is 10.1. The van der Waals surface area contributed by atoms with Crippen LogP contribution in [0.1, 0.15) is 15.9 Å². The average molecular weight is 212 g/mol. The number of hydrogen-bond donors (Lipinski definition) is 3. The Labute approximate surface area is 86.9 Å². The van der Waals surface area contributed by atoms with Gasteiger partial charge in [-0.1, -0.05) is 0 Å². The van der Waals surface area contributed by atoms with Gasteiger partial charge in [0.2, 0.25) is 0 Å². The summed E-state index contributed by atoms with van der Waals surface area (Å²) in [6.45, 7) is 1.52. The van der Waals surface area contributed by atoms with Gasteiger partial charge in [0.25, 0.3) is 5.91 Å². The molecule has 0 saturated heterocycles. The second kappa shape index (κ2) is 4.75. The van der Waals surface area contributed by atoms with E-state index in [1.165, 1.54) is 6.07 Å². The van der Waals surface area contributed by atoms with Crippen molar-refractivity contribution in [1.29, 1.82) is 0 Å². The number of aliphatic hydroxyl groups is 1. The topological polar surface area (TPSA) is 75.4 Å². The molecule has 4 N–H and O–H groups in total. The maximum absolute atomic E-state index is 13.2. The van der Waals surface area contributed by atoms with Gasteiger partial charge in [0.05, 0.1) is 6.61 Å². The highest BCUT2D eigenvalue weighted by molar-refractivity contribution is 5.95. The van der Waals surface area contributed by atoms with Crippen molar-refractivity contribution in [3.63, 3.8) is 0 Å². The van der Waals surface area contributed by atoms with Gasteiger partial charge in [-0.15, -0.1) is 0 Å². The summed E-state index contributed by atoms with van der Waals surface area (Å²) in [6.07, 6.45) is 0. The van der Waals surface area contributed by atoms with Crippen LogP contribution in [0, 0.1) is 12.7 Å². The van der Waals surface area contributed by atoms with Crippen molar-refractivity contribution in [2.75, 3.05) is 18.9 Å². The molecule has 0 aliphatic rings. The van der Waals surface area contributed by atoms with E-state index >= 15 is 0 Å². The molecule has 0 saturated carbocycles. The Morgan fingerprint density at radius 3 is 2.80 bits per heavy atom. The van der Waals surface area contributed by atoms with E-state index in [-0.39, 0.29) is 24.4 Å². The monoisotopic (exact) mass is 212 g/mol. The van der Waals surface area contributed by atoms with Crippen LogP contribution in [0.15, 0.2) is 12.1 Å². The predicted molar refractivity (Wildman–Crippen MR) is 55.0 cm³/mol. The van der Waals surface area contributed by atoms with Gasteiger partial charge in [-0.05, 0) is 19.1 Å². The molecule has 4 nitrogen and oxygen atoms in total. The average Bonchev–Trinajstić information content (AvgIpc) is 2.21. The Bertz CT molecular complexity index is 357. The minimum absolute atomic E-state index is 0.133. The number of carbonyl (C=O) groups excluding carboxylic acids is 1. The van der Waals surface area contributed by atoms with E-state index < -0.39 is 11.7 Å². The van der Waals surface area contributed by atoms with Crippen LogP contribution in [0.4, 0.5) is 10.1 Å². The highest BCUT2D eigenvalue weighted by Crippen LogP contribution is 2.17. The number of anilines is 1. The zero-order valence-electron chi connectivity index (χ0n) is 8.38. The summed E-state index contributed by atoms with van der Waals surface area (Å²) in [6, 6.07) is 2.53. The molecule has 0 aliphatic carbocycles. The van der Waals surface area contributed by atoms with Crippen LogP contribution in [0.5, 0.6) is 0 Å². The summed E-state index contributed by atoms with van der Waals surface area (Å²) in [5.74, 6) is -0.959. The molecule has 82 valence electrons. The van der Waals surface area contributed by atoms with Crippen LogP contribution in [0.2, 0.25) is 0 Å². The normalized spacial score (nSPS) is 10.1. The first kappa shape index (κ1) is 11.5. The fraction of sp³-hybridized carbons (Fsp3) is 0.300. The van der Waals surface area contributed by atoms with E-state index in [0.717, 1.165) is 6.07 Å². The summed E-state index contributed by atoms with van der Waals surface area (Å²) in [4.78, 5) is 11.4. The first-order valence-corrected chi connectivity index (χ1v) is 4.51. The number of hydrogen-bond acceptors (Lipinski definition) is 3. The van der Waals surface area contributed by atoms with E-state index in [1.807, 2.05) is 0 Å². The van der Waals surface area contributed by atoms with Gasteiger partial charge >= 0.3 is 0 Å². The number of halogens is 1. The van der Waals surface area contributed by atoms with E-state index in [1.54, 1.807) is 6.92 Å². The summed E-state index contributed by atoms with van der Waals surface area (Å²) < 4.78 is 13.2. The number of benzene rings is 1. The SMILES string of the molecule is Cc1c(N)cc(C(=O)NCCO)cc1F. The van der Waals surface area contributed by atoms with Crippen molar-refractivity contribution in [2.45, 2.75) is 6.92 Å². The molecule has 0 aromatic heterocycles. The molecule has 0 bridgehead atoms. The Morgan fingerprint density at radius 2 is 2.27 bits per heavy atom. The molecular weight excluding hydrogens is 199 g/mol. The highest BCUT2D eigenvalue weighted by Gasteiger charge is 2.10. The lowest BCUT2D eigenvalue weighted by Gasteiger charge is -2.06. The minimum atomic E-state index is -0.510. The third kappa shape index (κ3) is 2.66. The summed E-state index contributed by atoms with van der Waals surface area (Å²) in [5, 5.41) is 10.9. The molecule has 0 unspecified atom stereocenters. The second-order valence-electron chi connectivity index (χ2n) is 3.15. The fourth-order valence-corrected chi connectivity index (χ4v) is 1.10. The smallest absolute Gasteiger partial charge is 0.251 e. The van der Waals surface area contributed by atoms with Gasteiger partial charge in [0.15, 0.2) is 0 Å². The zero-order valence-corrected chi connectivity index (χ0v) is 8.38. The van der Waals surface area contributed by atoms with Gasteiger partial charge < -0.3 is 16.2 Å². The molecule has 1 amide bonds. The van der Waals surface area contributed by atoms with Crippen LogP contribution in [0.3, 0.4) is 0 Å². The predicted octanol–water partition coefficient (Wildman–Crippen LogP) is 0.438. The number of amides is 1. The van der Waals surface area contributed by atoms with Crippen molar-refractivity contribution < 1.29 is 14.3 Å². The molecule has 0 heterocycles. The maximum atomic E-state index is 13.2. The van der Waals surface area contributed by atoms with E-state index in [9.17, 15) is 9.18 Å². The van der Waals surface area contributed by atoms with Crippen LogP contribution in [-0.4, -0.2) is 24.2 Å². The standard InChI is InChI=1S/C10H13FN2O2/c1-6-8(11)4-7(5-9(6)12)10(15)13-2-3-14/h4-5,14H,2-3,12H2,1H3,(H,13,15). The first-order valence-electron chi connectivity index (χ1n) is 4.51. The summed E-state index contributed by atoms with van der Waals surface area (Å²) in [7, 11) is 0. The lowest BCUT2D eigenvalue weighted by Crippen LogP contribution is -2.26. The van der Waals surface area contributed by atoms with Crippen molar-refractivity contribution in [1.82, 2.24) is 5.32 Å². The van der Waals surface area contributed by atoms with Gasteiger partial charge in [0, 0.05) is 23.4 Å². The van der Waals surface area contributed by atoms with Gasteiger partial charge in [-0.2, -0.15) is 0 Å². The number of carbonyl (C=O) groups is 1. The van der Waals surface area contributed by atoms with Crippen molar-refractivity contribution in [3.05, 3.63) is 29.1 Å². The van der Waals surface area contributed by atoms with Gasteiger partial charge in [0.1, 0.15) is 5.82 Å². The van der Waals surface area contributed by atoms with Crippen molar-refractivity contribution in [3.8, 4) is 0 Å². The van der Waals surface area contributed by atoms with E-state index in [2.05, 4.69) is 5.32 Å². The maximum Gasteiger partial charge on any atom is 0.251 e. The molecule has 0 fully saturated rings. The number of nitrogens with two attached hydrogens (primary N) is 1. The van der Waals surface area contributed by atoms with Gasteiger partial charge in [-0.25, -0.2) is 4.39 Å². The molecule has 0 aliphatic heterocycles. The number of nitrogen functional groups attached to an aromatic ring is 1. The second-order valence-corrected chi connectivity index (χ2v) is 3.15. The highest BCUT2D eigenvalue weighted by atomic mass is 19.1. The molecule has 0 atom stereocenters. The Balaban J connectivity index is 2.91. The van der Waals surface area contributed by atoms with Gasteiger partial charge in [-0.3, -0.25) is 4.79 Å². The number of aliphatic hydroxyl groups excluding tert-OH is 1. The summed E-state index contributed by atoms with van der Waals surface area (Å²) >= 11 is 0. The minimum Gasteiger partial charge on any atom is -0.398 e. The molecule has 1 rings (SSSR count). The third-order valence-corrected chi connectivity index (χ3v) is 2.04. The molecule has 0 radical (unpaired) electrons. The van der Waals surface area contributed by atoms with E-state index in [4.69, 9.17) is 10.8 Å². The van der Waals surface area contributed by atoms with E-state index in [0.29, 0.717) is 5.56 Å². The van der Waals surface area contributed by atoms with Crippen LogP contribution < -0.4 is 11.1 Å². The molecule has 1 aromatic carbocycles. The quantitative estimate of drug-likeness (QED) is 0.636. The van der Waals surface area contributed by atoms with Crippen molar-refractivity contribution in [2.24, 2.45) is 0 Å². The first-order chi connectivity index (χ1) is 7.06. The molecule has 1 aromatic rings. The molecule has 5 heteroatoms. The fourth-order valence-electron chi connectivity index (χ4n) is 1.10. The molecule has 15 heavy (non-hydrogen) atoms. The zero-order chi connectivity index (χ0) is 11.4. The Kier molecular flexibility index (Phi) is 3.62. The van der Waals surface area contributed by atoms with Crippen LogP contribution in [-0.2, 0) is 0 Å². The number of rotatable bonds is 3. The Morgan fingerprint density at radius 1 is 1.60 bits per heavy atom. The lowest BCUT2D eigenvalue weighted by molar-refractivity contribution is 0.0944. The largest absolute Gasteiger partial charge is 0.398 e. The molecular formula is C10H13FN2O2. The van der Waals surface area contributed by atoms with Crippen LogP contribution in [0.25, 0.3) is 0 Å². The van der Waals surface area contributed by atoms with Crippen molar-refractivity contribution >= 4 is 11.6 Å². The van der Waals surface area contributed by atoms with Crippen LogP contribution >= 0.6 is 0 Å².